The molecule has 1 aliphatic rings. The van der Waals surface area contributed by atoms with Crippen LogP contribution in [0.4, 0.5) is 0 Å². The zero-order chi connectivity index (χ0) is 14.0. The number of aliphatic hydroxyl groups excluding tert-OH is 1. The molecule has 3 atom stereocenters. The van der Waals surface area contributed by atoms with Gasteiger partial charge in [0.05, 0.1) is 22.1 Å². The molecule has 0 fully saturated rings. The minimum atomic E-state index is -0.881. The van der Waals surface area contributed by atoms with Gasteiger partial charge in [0.2, 0.25) is 0 Å². The van der Waals surface area contributed by atoms with Crippen molar-refractivity contribution in [3.05, 3.63) is 46.0 Å². The van der Waals surface area contributed by atoms with E-state index in [1.807, 2.05) is 12.2 Å². The molecule has 0 heterocycles. The third kappa shape index (κ3) is 3.11. The number of aliphatic hydroxyl groups is 1. The summed E-state index contributed by atoms with van der Waals surface area (Å²) in [5, 5.41) is 20.4. The Kier molecular flexibility index (Phi) is 4.50. The molecule has 102 valence electrons. The second-order valence-corrected chi connectivity index (χ2v) is 5.48. The van der Waals surface area contributed by atoms with E-state index in [0.717, 1.165) is 0 Å². The molecule has 2 N–H and O–H groups in total. The molecule has 1 aliphatic carbocycles. The van der Waals surface area contributed by atoms with Gasteiger partial charge in [0, 0.05) is 5.92 Å². The molecule has 1 aromatic carbocycles. The van der Waals surface area contributed by atoms with E-state index < -0.39 is 18.0 Å². The van der Waals surface area contributed by atoms with Gasteiger partial charge < -0.3 is 10.2 Å². The molecule has 0 spiro atoms. The Morgan fingerprint density at radius 2 is 1.89 bits per heavy atom. The van der Waals surface area contributed by atoms with E-state index in [-0.39, 0.29) is 5.92 Å². The maximum absolute atomic E-state index is 11.2. The third-order valence-electron chi connectivity index (χ3n) is 3.49. The van der Waals surface area contributed by atoms with Crippen LogP contribution in [-0.4, -0.2) is 16.2 Å². The van der Waals surface area contributed by atoms with E-state index in [2.05, 4.69) is 0 Å². The summed E-state index contributed by atoms with van der Waals surface area (Å²) in [5.41, 5.74) is 0.598. The van der Waals surface area contributed by atoms with Crippen molar-refractivity contribution in [3.8, 4) is 0 Å². The Balaban J connectivity index is 2.26. The maximum Gasteiger partial charge on any atom is 0.307 e. The van der Waals surface area contributed by atoms with Crippen LogP contribution in [0.1, 0.15) is 24.5 Å². The fourth-order valence-electron chi connectivity index (χ4n) is 2.41. The summed E-state index contributed by atoms with van der Waals surface area (Å²) < 4.78 is 0. The first-order chi connectivity index (χ1) is 9.00. The SMILES string of the molecule is O=C(O)C1CC=CCC1C(O)c1ccc(Cl)c(Cl)c1. The van der Waals surface area contributed by atoms with Crippen LogP contribution >= 0.6 is 23.2 Å². The lowest BCUT2D eigenvalue weighted by atomic mass is 9.77. The summed E-state index contributed by atoms with van der Waals surface area (Å²) in [7, 11) is 0. The van der Waals surface area contributed by atoms with Crippen LogP contribution < -0.4 is 0 Å². The predicted molar refractivity (Wildman–Crippen MR) is 74.4 cm³/mol. The van der Waals surface area contributed by atoms with E-state index in [1.54, 1.807) is 18.2 Å². The Labute approximate surface area is 121 Å². The molecule has 0 bridgehead atoms. The lowest BCUT2D eigenvalue weighted by Crippen LogP contribution is -2.29. The Morgan fingerprint density at radius 1 is 1.21 bits per heavy atom. The van der Waals surface area contributed by atoms with Gasteiger partial charge in [0.15, 0.2) is 0 Å². The van der Waals surface area contributed by atoms with Gasteiger partial charge >= 0.3 is 5.97 Å². The van der Waals surface area contributed by atoms with Gasteiger partial charge in [-0.25, -0.2) is 0 Å². The standard InChI is InChI=1S/C14H14Cl2O3/c15-11-6-5-8(7-12(11)16)13(17)9-3-1-2-4-10(9)14(18)19/h1-2,5-7,9-10,13,17H,3-4H2,(H,18,19). The van der Waals surface area contributed by atoms with E-state index in [0.29, 0.717) is 28.5 Å². The van der Waals surface area contributed by atoms with Gasteiger partial charge in [-0.05, 0) is 30.5 Å². The normalized spacial score (nSPS) is 24.2. The summed E-state index contributed by atoms with van der Waals surface area (Å²) >= 11 is 11.8. The first-order valence-electron chi connectivity index (χ1n) is 6.01. The number of carbonyl (C=O) groups is 1. The van der Waals surface area contributed by atoms with Crippen LogP contribution in [0, 0.1) is 11.8 Å². The monoisotopic (exact) mass is 300 g/mol. The van der Waals surface area contributed by atoms with Gasteiger partial charge in [-0.1, -0.05) is 41.4 Å². The number of hydrogen-bond donors (Lipinski definition) is 2. The number of hydrogen-bond acceptors (Lipinski definition) is 2. The van der Waals surface area contributed by atoms with Crippen molar-refractivity contribution in [2.75, 3.05) is 0 Å². The van der Waals surface area contributed by atoms with Crippen LogP contribution in [0.5, 0.6) is 0 Å². The number of aliphatic carboxylic acids is 1. The van der Waals surface area contributed by atoms with Crippen LogP contribution in [0.15, 0.2) is 30.4 Å². The summed E-state index contributed by atoms with van der Waals surface area (Å²) in [4.78, 5) is 11.2. The summed E-state index contributed by atoms with van der Waals surface area (Å²) in [5.74, 6) is -1.80. The molecular weight excluding hydrogens is 287 g/mol. The molecule has 0 saturated carbocycles. The van der Waals surface area contributed by atoms with Crippen molar-refractivity contribution in [1.82, 2.24) is 0 Å². The average Bonchev–Trinajstić information content (AvgIpc) is 2.41. The quantitative estimate of drug-likeness (QED) is 0.837. The lowest BCUT2D eigenvalue weighted by molar-refractivity contribution is -0.145. The van der Waals surface area contributed by atoms with Crippen molar-refractivity contribution in [2.24, 2.45) is 11.8 Å². The molecule has 2 rings (SSSR count). The highest BCUT2D eigenvalue weighted by molar-refractivity contribution is 6.42. The van der Waals surface area contributed by atoms with Gasteiger partial charge in [-0.2, -0.15) is 0 Å². The number of allylic oxidation sites excluding steroid dienone is 2. The molecule has 0 aromatic heterocycles. The van der Waals surface area contributed by atoms with Crippen LogP contribution in [0.3, 0.4) is 0 Å². The fourth-order valence-corrected chi connectivity index (χ4v) is 2.72. The van der Waals surface area contributed by atoms with Gasteiger partial charge in [-0.15, -0.1) is 0 Å². The van der Waals surface area contributed by atoms with Gasteiger partial charge in [0.25, 0.3) is 0 Å². The van der Waals surface area contributed by atoms with Crippen molar-refractivity contribution < 1.29 is 15.0 Å². The first kappa shape index (κ1) is 14.4. The highest BCUT2D eigenvalue weighted by atomic mass is 35.5. The molecule has 3 unspecified atom stereocenters. The zero-order valence-electron chi connectivity index (χ0n) is 10.1. The van der Waals surface area contributed by atoms with Crippen molar-refractivity contribution >= 4 is 29.2 Å². The largest absolute Gasteiger partial charge is 0.481 e. The second-order valence-electron chi connectivity index (χ2n) is 4.67. The van der Waals surface area contributed by atoms with E-state index in [9.17, 15) is 15.0 Å². The molecular formula is C14H14Cl2O3. The van der Waals surface area contributed by atoms with Crippen molar-refractivity contribution in [1.29, 1.82) is 0 Å². The molecule has 5 heteroatoms. The lowest BCUT2D eigenvalue weighted by Gasteiger charge is -2.29. The minimum absolute atomic E-state index is 0.347. The second kappa shape index (κ2) is 5.95. The smallest absolute Gasteiger partial charge is 0.307 e. The first-order valence-corrected chi connectivity index (χ1v) is 6.77. The Bertz CT molecular complexity index is 513. The van der Waals surface area contributed by atoms with Crippen molar-refractivity contribution in [3.63, 3.8) is 0 Å². The number of rotatable bonds is 3. The molecule has 1 aromatic rings. The van der Waals surface area contributed by atoms with E-state index in [4.69, 9.17) is 23.2 Å². The number of halogens is 2. The highest BCUT2D eigenvalue weighted by Crippen LogP contribution is 2.37. The van der Waals surface area contributed by atoms with Crippen LogP contribution in [0.2, 0.25) is 10.0 Å². The molecule has 0 radical (unpaired) electrons. The topological polar surface area (TPSA) is 57.5 Å². The van der Waals surface area contributed by atoms with E-state index in [1.165, 1.54) is 0 Å². The van der Waals surface area contributed by atoms with Gasteiger partial charge in [-0.3, -0.25) is 4.79 Å². The maximum atomic E-state index is 11.2. The minimum Gasteiger partial charge on any atom is -0.481 e. The Morgan fingerprint density at radius 3 is 2.53 bits per heavy atom. The zero-order valence-corrected chi connectivity index (χ0v) is 11.6. The van der Waals surface area contributed by atoms with Crippen LogP contribution in [0.25, 0.3) is 0 Å². The fraction of sp³-hybridized carbons (Fsp3) is 0.357. The molecule has 19 heavy (non-hydrogen) atoms. The summed E-state index contributed by atoms with van der Waals surface area (Å²) in [6.45, 7) is 0. The molecule has 0 aliphatic heterocycles. The average molecular weight is 301 g/mol. The van der Waals surface area contributed by atoms with Gasteiger partial charge in [0.1, 0.15) is 0 Å². The molecule has 3 nitrogen and oxygen atoms in total. The van der Waals surface area contributed by atoms with Crippen molar-refractivity contribution in [2.45, 2.75) is 18.9 Å². The molecule has 0 amide bonds. The third-order valence-corrected chi connectivity index (χ3v) is 4.23. The number of benzene rings is 1. The number of carboxylic acids is 1. The predicted octanol–water partition coefficient (Wildman–Crippen LogP) is 3.69. The Hall–Kier alpha value is -1.03. The highest BCUT2D eigenvalue weighted by Gasteiger charge is 2.34. The summed E-state index contributed by atoms with van der Waals surface area (Å²) in [6, 6.07) is 4.87. The summed E-state index contributed by atoms with van der Waals surface area (Å²) in [6.07, 6.45) is 3.87. The number of carboxylic acid groups (broad SMARTS) is 1. The van der Waals surface area contributed by atoms with Crippen LogP contribution in [-0.2, 0) is 4.79 Å². The molecule has 0 saturated heterocycles. The van der Waals surface area contributed by atoms with E-state index >= 15 is 0 Å².